The van der Waals surface area contributed by atoms with Crippen LogP contribution in [0.5, 0.6) is 0 Å². The van der Waals surface area contributed by atoms with Crippen LogP contribution < -0.4 is 10.6 Å². The number of aliphatic hydroxyl groups is 1. The fourth-order valence-electron chi connectivity index (χ4n) is 2.02. The highest BCUT2D eigenvalue weighted by Crippen LogP contribution is 2.20. The van der Waals surface area contributed by atoms with E-state index >= 15 is 0 Å². The van der Waals surface area contributed by atoms with Gasteiger partial charge in [-0.1, -0.05) is 23.7 Å². The number of aromatic nitrogens is 1. The number of nitrogens with one attached hydrogen (secondary N) is 2. The number of aryl methyl sites for hydroxylation is 1. The van der Waals surface area contributed by atoms with Crippen LogP contribution in [0.3, 0.4) is 0 Å². The molecule has 21 heavy (non-hydrogen) atoms. The van der Waals surface area contributed by atoms with Crippen LogP contribution >= 0.6 is 11.6 Å². The van der Waals surface area contributed by atoms with Gasteiger partial charge in [0.05, 0.1) is 16.8 Å². The molecular formula is C15H18ClN3O2. The Morgan fingerprint density at radius 1 is 1.33 bits per heavy atom. The fraction of sp³-hybridized carbons (Fsp3) is 0.267. The average molecular weight is 308 g/mol. The molecule has 6 heteroatoms. The number of amides is 2. The lowest BCUT2D eigenvalue weighted by Crippen LogP contribution is -2.30. The van der Waals surface area contributed by atoms with Gasteiger partial charge in [-0.15, -0.1) is 0 Å². The molecule has 0 saturated carbocycles. The molecule has 5 nitrogen and oxygen atoms in total. The Hall–Kier alpha value is -1.98. The minimum atomic E-state index is -0.606. The number of carbonyl (C=O) groups excluding carboxylic acids is 1. The molecule has 0 spiro atoms. The molecule has 2 rings (SSSR count). The molecule has 1 atom stereocenters. The molecule has 1 heterocycles. The Balaban J connectivity index is 1.77. The van der Waals surface area contributed by atoms with Gasteiger partial charge in [-0.3, -0.25) is 0 Å². The summed E-state index contributed by atoms with van der Waals surface area (Å²) in [5, 5.41) is 15.9. The highest BCUT2D eigenvalue weighted by Gasteiger charge is 2.11. The number of benzene rings is 1. The Bertz CT molecular complexity index is 612. The van der Waals surface area contributed by atoms with Gasteiger partial charge in [0, 0.05) is 25.5 Å². The number of nitrogens with zero attached hydrogens (tertiary/aromatic N) is 1. The Morgan fingerprint density at radius 3 is 2.76 bits per heavy atom. The second-order valence-corrected chi connectivity index (χ2v) is 5.12. The van der Waals surface area contributed by atoms with Crippen molar-refractivity contribution in [1.29, 1.82) is 0 Å². The van der Waals surface area contributed by atoms with Crippen molar-refractivity contribution in [3.63, 3.8) is 0 Å². The van der Waals surface area contributed by atoms with Gasteiger partial charge in [0.2, 0.25) is 0 Å². The van der Waals surface area contributed by atoms with Crippen molar-refractivity contribution in [2.75, 3.05) is 11.9 Å². The second-order valence-electron chi connectivity index (χ2n) is 4.71. The lowest BCUT2D eigenvalue weighted by Gasteiger charge is -2.13. The first kappa shape index (κ1) is 15.4. The van der Waals surface area contributed by atoms with Gasteiger partial charge in [0.1, 0.15) is 0 Å². The predicted octanol–water partition coefficient (Wildman–Crippen LogP) is 2.92. The third kappa shape index (κ3) is 4.24. The van der Waals surface area contributed by atoms with Crippen molar-refractivity contribution < 1.29 is 9.90 Å². The first-order chi connectivity index (χ1) is 10.1. The summed E-state index contributed by atoms with van der Waals surface area (Å²) in [7, 11) is 1.87. The number of hydrogen-bond acceptors (Lipinski definition) is 2. The number of aliphatic hydroxyl groups excluding tert-OH is 1. The zero-order chi connectivity index (χ0) is 15.2. The van der Waals surface area contributed by atoms with Gasteiger partial charge in [-0.05, 0) is 30.7 Å². The van der Waals surface area contributed by atoms with Crippen molar-refractivity contribution in [3.05, 3.63) is 53.3 Å². The fourth-order valence-corrected chi connectivity index (χ4v) is 2.20. The van der Waals surface area contributed by atoms with Crippen LogP contribution in [0.4, 0.5) is 10.5 Å². The first-order valence-electron chi connectivity index (χ1n) is 6.66. The number of carbonyl (C=O) groups is 1. The summed E-state index contributed by atoms with van der Waals surface area (Å²) in [6, 6.07) is 10.4. The molecule has 0 aliphatic rings. The Labute approximate surface area is 128 Å². The molecule has 0 bridgehead atoms. The monoisotopic (exact) mass is 307 g/mol. The number of para-hydroxylation sites is 1. The number of rotatable bonds is 5. The molecule has 1 aromatic heterocycles. The van der Waals surface area contributed by atoms with Crippen LogP contribution in [0.2, 0.25) is 5.02 Å². The Morgan fingerprint density at radius 2 is 2.10 bits per heavy atom. The van der Waals surface area contributed by atoms with Crippen LogP contribution in [0, 0.1) is 0 Å². The molecule has 0 aliphatic heterocycles. The normalized spacial score (nSPS) is 12.0. The predicted molar refractivity (Wildman–Crippen MR) is 83.5 cm³/mol. The summed E-state index contributed by atoms with van der Waals surface area (Å²) in [5.41, 5.74) is 1.38. The summed E-state index contributed by atoms with van der Waals surface area (Å²) in [6.45, 7) is 0.364. The molecule has 112 valence electrons. The molecule has 0 fully saturated rings. The zero-order valence-electron chi connectivity index (χ0n) is 11.7. The minimum absolute atomic E-state index is 0.345. The first-order valence-corrected chi connectivity index (χ1v) is 7.04. The minimum Gasteiger partial charge on any atom is -0.387 e. The molecule has 3 N–H and O–H groups in total. The Kier molecular flexibility index (Phi) is 5.25. The van der Waals surface area contributed by atoms with Gasteiger partial charge in [-0.25, -0.2) is 4.79 Å². The van der Waals surface area contributed by atoms with Gasteiger partial charge in [0.15, 0.2) is 0 Å². The van der Waals surface area contributed by atoms with E-state index < -0.39 is 6.10 Å². The van der Waals surface area contributed by atoms with E-state index in [1.165, 1.54) is 0 Å². The van der Waals surface area contributed by atoms with Crippen molar-refractivity contribution in [2.45, 2.75) is 12.5 Å². The average Bonchev–Trinajstić information content (AvgIpc) is 2.87. The zero-order valence-corrected chi connectivity index (χ0v) is 12.5. The largest absolute Gasteiger partial charge is 0.387 e. The van der Waals surface area contributed by atoms with Crippen LogP contribution in [-0.2, 0) is 7.05 Å². The molecule has 0 saturated heterocycles. The van der Waals surface area contributed by atoms with E-state index in [2.05, 4.69) is 10.6 Å². The molecule has 0 radical (unpaired) electrons. The number of urea groups is 1. The summed E-state index contributed by atoms with van der Waals surface area (Å²) in [4.78, 5) is 11.7. The van der Waals surface area contributed by atoms with Crippen molar-refractivity contribution in [3.8, 4) is 0 Å². The lowest BCUT2D eigenvalue weighted by molar-refractivity contribution is 0.159. The quantitative estimate of drug-likeness (QED) is 0.795. The number of hydrogen-bond donors (Lipinski definition) is 3. The van der Waals surface area contributed by atoms with Crippen LogP contribution in [0.25, 0.3) is 0 Å². The maximum atomic E-state index is 11.7. The lowest BCUT2D eigenvalue weighted by atomic mass is 10.2. The SMILES string of the molecule is Cn1cccc1C(O)CCNC(=O)Nc1ccccc1Cl. The molecular weight excluding hydrogens is 290 g/mol. The molecule has 0 aliphatic carbocycles. The third-order valence-corrected chi connectivity index (χ3v) is 3.48. The van der Waals surface area contributed by atoms with E-state index in [1.807, 2.05) is 29.9 Å². The standard InChI is InChI=1S/C15H18ClN3O2/c1-19-10-4-7-13(19)14(20)8-9-17-15(21)18-12-6-3-2-5-11(12)16/h2-7,10,14,20H,8-9H2,1H3,(H2,17,18,21). The summed E-state index contributed by atoms with van der Waals surface area (Å²) in [5.74, 6) is 0. The summed E-state index contributed by atoms with van der Waals surface area (Å²) < 4.78 is 1.86. The van der Waals surface area contributed by atoms with E-state index in [0.717, 1.165) is 5.69 Å². The van der Waals surface area contributed by atoms with E-state index in [0.29, 0.717) is 23.7 Å². The van der Waals surface area contributed by atoms with E-state index in [1.54, 1.807) is 24.3 Å². The van der Waals surface area contributed by atoms with Gasteiger partial charge >= 0.3 is 6.03 Å². The van der Waals surface area contributed by atoms with Crippen molar-refractivity contribution >= 4 is 23.3 Å². The molecule has 2 aromatic rings. The third-order valence-electron chi connectivity index (χ3n) is 3.15. The maximum Gasteiger partial charge on any atom is 0.319 e. The molecule has 1 unspecified atom stereocenters. The number of anilines is 1. The highest BCUT2D eigenvalue weighted by atomic mass is 35.5. The maximum absolute atomic E-state index is 11.7. The van der Waals surface area contributed by atoms with Crippen molar-refractivity contribution in [1.82, 2.24) is 9.88 Å². The molecule has 1 aromatic carbocycles. The molecule has 2 amide bonds. The van der Waals surface area contributed by atoms with E-state index in [4.69, 9.17) is 11.6 Å². The van der Waals surface area contributed by atoms with Crippen molar-refractivity contribution in [2.24, 2.45) is 7.05 Å². The summed E-state index contributed by atoms with van der Waals surface area (Å²) in [6.07, 6.45) is 1.70. The van der Waals surface area contributed by atoms with Crippen LogP contribution in [0.1, 0.15) is 18.2 Å². The second kappa shape index (κ2) is 7.15. The van der Waals surface area contributed by atoms with Gasteiger partial charge in [0.25, 0.3) is 0 Å². The summed E-state index contributed by atoms with van der Waals surface area (Å²) >= 11 is 5.95. The van der Waals surface area contributed by atoms with Crippen LogP contribution in [-0.4, -0.2) is 22.2 Å². The van der Waals surface area contributed by atoms with Crippen LogP contribution in [0.15, 0.2) is 42.6 Å². The van der Waals surface area contributed by atoms with E-state index in [9.17, 15) is 9.90 Å². The highest BCUT2D eigenvalue weighted by molar-refractivity contribution is 6.33. The smallest absolute Gasteiger partial charge is 0.319 e. The van der Waals surface area contributed by atoms with Gasteiger partial charge in [-0.2, -0.15) is 0 Å². The number of halogens is 1. The topological polar surface area (TPSA) is 66.3 Å². The van der Waals surface area contributed by atoms with E-state index in [-0.39, 0.29) is 6.03 Å². The van der Waals surface area contributed by atoms with Gasteiger partial charge < -0.3 is 20.3 Å².